The third kappa shape index (κ3) is 3.29. The molecule has 0 aliphatic rings. The molecule has 110 valence electrons. The minimum atomic E-state index is -0.784. The number of H-pyrrole nitrogens is 1. The number of benzene rings is 2. The molecule has 0 atom stereocenters. The number of aromatic amines is 1. The molecule has 0 saturated carbocycles. The first-order valence-corrected chi connectivity index (χ1v) is 6.68. The Kier molecular flexibility index (Phi) is 4.10. The normalized spacial score (nSPS) is 10.9. The zero-order valence-electron chi connectivity index (χ0n) is 11.6. The van der Waals surface area contributed by atoms with E-state index in [9.17, 15) is 4.79 Å². The molecule has 0 aliphatic heterocycles. The van der Waals surface area contributed by atoms with Crippen molar-refractivity contribution < 1.29 is 14.3 Å². The number of hydrogen-bond acceptors (Lipinski definition) is 5. The molecule has 0 bridgehead atoms. The van der Waals surface area contributed by atoms with Crippen LogP contribution < -0.4 is 4.74 Å². The van der Waals surface area contributed by atoms with Crippen LogP contribution in [0.1, 0.15) is 5.56 Å². The third-order valence-corrected chi connectivity index (χ3v) is 2.91. The van der Waals surface area contributed by atoms with Crippen LogP contribution in [0.4, 0.5) is 4.79 Å². The van der Waals surface area contributed by atoms with E-state index in [-0.39, 0.29) is 6.61 Å². The van der Waals surface area contributed by atoms with Crippen LogP contribution in [-0.4, -0.2) is 28.2 Å². The summed E-state index contributed by atoms with van der Waals surface area (Å²) in [6, 6.07) is 14.9. The van der Waals surface area contributed by atoms with Crippen LogP contribution in [0.2, 0.25) is 0 Å². The van der Waals surface area contributed by atoms with Gasteiger partial charge >= 0.3 is 6.16 Å². The second-order valence-corrected chi connectivity index (χ2v) is 4.42. The van der Waals surface area contributed by atoms with Crippen LogP contribution in [0.25, 0.3) is 17.1 Å². The molecule has 0 fully saturated rings. The lowest BCUT2D eigenvalue weighted by Gasteiger charge is -2.03. The van der Waals surface area contributed by atoms with Crippen LogP contribution in [0.15, 0.2) is 54.6 Å². The molecule has 3 aromatic rings. The highest BCUT2D eigenvalue weighted by Gasteiger charge is 2.10. The van der Waals surface area contributed by atoms with Crippen molar-refractivity contribution in [3.63, 3.8) is 0 Å². The van der Waals surface area contributed by atoms with Gasteiger partial charge in [0.15, 0.2) is 11.3 Å². The first-order chi connectivity index (χ1) is 10.8. The maximum Gasteiger partial charge on any atom is 0.514 e. The van der Waals surface area contributed by atoms with E-state index in [0.717, 1.165) is 5.56 Å². The molecular weight excluding hydrogens is 282 g/mol. The van der Waals surface area contributed by atoms with Gasteiger partial charge in [-0.25, -0.2) is 4.79 Å². The highest BCUT2D eigenvalue weighted by atomic mass is 16.7. The largest absolute Gasteiger partial charge is 0.514 e. The molecule has 3 rings (SSSR count). The molecule has 0 saturated heterocycles. The number of carbonyl (C=O) groups excluding carboxylic acids is 1. The summed E-state index contributed by atoms with van der Waals surface area (Å²) in [7, 11) is 0. The Morgan fingerprint density at radius 2 is 1.95 bits per heavy atom. The second-order valence-electron chi connectivity index (χ2n) is 4.42. The van der Waals surface area contributed by atoms with Gasteiger partial charge in [0.25, 0.3) is 0 Å². The molecule has 0 aliphatic carbocycles. The van der Waals surface area contributed by atoms with Crippen LogP contribution in [-0.2, 0) is 4.74 Å². The zero-order chi connectivity index (χ0) is 15.2. The number of nitrogens with zero attached hydrogens (tertiary/aromatic N) is 2. The lowest BCUT2D eigenvalue weighted by Crippen LogP contribution is -2.10. The Balaban J connectivity index is 1.55. The van der Waals surface area contributed by atoms with Crippen molar-refractivity contribution in [1.29, 1.82) is 0 Å². The van der Waals surface area contributed by atoms with Gasteiger partial charge in [-0.05, 0) is 23.8 Å². The van der Waals surface area contributed by atoms with Crippen molar-refractivity contribution in [1.82, 2.24) is 15.4 Å². The quantitative estimate of drug-likeness (QED) is 0.591. The Labute approximate surface area is 126 Å². The fourth-order valence-corrected chi connectivity index (χ4v) is 1.91. The molecule has 0 spiro atoms. The van der Waals surface area contributed by atoms with E-state index in [2.05, 4.69) is 15.4 Å². The van der Waals surface area contributed by atoms with Crippen molar-refractivity contribution in [2.75, 3.05) is 6.61 Å². The van der Waals surface area contributed by atoms with Gasteiger partial charge in [0.05, 0.1) is 0 Å². The number of carbonyl (C=O) groups is 1. The van der Waals surface area contributed by atoms with Crippen molar-refractivity contribution >= 4 is 23.3 Å². The summed E-state index contributed by atoms with van der Waals surface area (Å²) in [4.78, 5) is 11.7. The molecule has 22 heavy (non-hydrogen) atoms. The van der Waals surface area contributed by atoms with Gasteiger partial charge in [-0.3, -0.25) is 0 Å². The van der Waals surface area contributed by atoms with E-state index in [1.165, 1.54) is 0 Å². The number of rotatable bonds is 4. The van der Waals surface area contributed by atoms with E-state index in [0.29, 0.717) is 16.8 Å². The highest BCUT2D eigenvalue weighted by molar-refractivity contribution is 5.82. The van der Waals surface area contributed by atoms with Crippen LogP contribution >= 0.6 is 0 Å². The average Bonchev–Trinajstić information content (AvgIpc) is 3.02. The topological polar surface area (TPSA) is 77.1 Å². The van der Waals surface area contributed by atoms with Gasteiger partial charge in [-0.1, -0.05) is 42.5 Å². The van der Waals surface area contributed by atoms with Gasteiger partial charge in [0.1, 0.15) is 12.1 Å². The Hall–Kier alpha value is -3.15. The minimum absolute atomic E-state index is 0.127. The lowest BCUT2D eigenvalue weighted by atomic mass is 10.2. The molecule has 1 aromatic heterocycles. The van der Waals surface area contributed by atoms with Crippen LogP contribution in [0.3, 0.4) is 0 Å². The van der Waals surface area contributed by atoms with Crippen molar-refractivity contribution in [3.05, 3.63) is 60.2 Å². The second kappa shape index (κ2) is 6.53. The van der Waals surface area contributed by atoms with Gasteiger partial charge in [-0.15, -0.1) is 0 Å². The number of para-hydroxylation sites is 1. The summed E-state index contributed by atoms with van der Waals surface area (Å²) in [5.41, 5.74) is 2.14. The molecular formula is C16H13N3O3. The number of nitrogens with one attached hydrogen (secondary N) is 1. The average molecular weight is 295 g/mol. The maximum absolute atomic E-state index is 11.7. The summed E-state index contributed by atoms with van der Waals surface area (Å²) < 4.78 is 10.1. The Morgan fingerprint density at radius 1 is 1.09 bits per heavy atom. The highest BCUT2D eigenvalue weighted by Crippen LogP contribution is 2.21. The molecule has 6 heteroatoms. The fraction of sp³-hybridized carbons (Fsp3) is 0.0625. The van der Waals surface area contributed by atoms with Crippen molar-refractivity contribution in [2.45, 2.75) is 0 Å². The first-order valence-electron chi connectivity index (χ1n) is 6.68. The minimum Gasteiger partial charge on any atom is -0.430 e. The zero-order valence-corrected chi connectivity index (χ0v) is 11.6. The van der Waals surface area contributed by atoms with E-state index >= 15 is 0 Å². The smallest absolute Gasteiger partial charge is 0.430 e. The molecule has 2 aromatic carbocycles. The lowest BCUT2D eigenvalue weighted by molar-refractivity contribution is 0.110. The SMILES string of the molecule is O=C(OCC=Cc1ccccc1)Oc1cccc2n[nH]nc12. The number of fused-ring (bicyclic) bond motifs is 1. The summed E-state index contributed by atoms with van der Waals surface area (Å²) >= 11 is 0. The van der Waals surface area contributed by atoms with Gasteiger partial charge in [0.2, 0.25) is 0 Å². The Bertz CT molecular complexity index is 797. The van der Waals surface area contributed by atoms with Gasteiger partial charge in [0, 0.05) is 0 Å². The maximum atomic E-state index is 11.7. The predicted octanol–water partition coefficient (Wildman–Crippen LogP) is 3.19. The van der Waals surface area contributed by atoms with Gasteiger partial charge < -0.3 is 9.47 Å². The molecule has 1 N–H and O–H groups in total. The molecule has 6 nitrogen and oxygen atoms in total. The molecule has 1 heterocycles. The fourth-order valence-electron chi connectivity index (χ4n) is 1.91. The van der Waals surface area contributed by atoms with Gasteiger partial charge in [-0.2, -0.15) is 15.4 Å². The monoisotopic (exact) mass is 295 g/mol. The van der Waals surface area contributed by atoms with E-state index in [1.54, 1.807) is 24.3 Å². The molecule has 0 radical (unpaired) electrons. The van der Waals surface area contributed by atoms with E-state index < -0.39 is 6.16 Å². The summed E-state index contributed by atoms with van der Waals surface area (Å²) in [5.74, 6) is 0.309. The van der Waals surface area contributed by atoms with Crippen LogP contribution in [0, 0.1) is 0 Å². The number of hydrogen-bond donors (Lipinski definition) is 1. The first kappa shape index (κ1) is 13.8. The summed E-state index contributed by atoms with van der Waals surface area (Å²) in [6.45, 7) is 0.127. The summed E-state index contributed by atoms with van der Waals surface area (Å²) in [6.07, 6.45) is 2.83. The van der Waals surface area contributed by atoms with Crippen molar-refractivity contribution in [3.8, 4) is 5.75 Å². The van der Waals surface area contributed by atoms with Crippen LogP contribution in [0.5, 0.6) is 5.75 Å². The summed E-state index contributed by atoms with van der Waals surface area (Å²) in [5, 5.41) is 10.3. The predicted molar refractivity (Wildman–Crippen MR) is 81.3 cm³/mol. The van der Waals surface area contributed by atoms with Crippen molar-refractivity contribution in [2.24, 2.45) is 0 Å². The standard InChI is InChI=1S/C16H13N3O3/c20-16(21-11-5-8-12-6-2-1-3-7-12)22-14-10-4-9-13-15(14)18-19-17-13/h1-10H,11H2,(H,17,18,19). The third-order valence-electron chi connectivity index (χ3n) is 2.91. The van der Waals surface area contributed by atoms with E-state index in [1.807, 2.05) is 36.4 Å². The molecule has 0 unspecified atom stereocenters. The molecule has 0 amide bonds. The number of aromatic nitrogens is 3. The Morgan fingerprint density at radius 3 is 2.82 bits per heavy atom. The van der Waals surface area contributed by atoms with E-state index in [4.69, 9.17) is 9.47 Å². The number of ether oxygens (including phenoxy) is 2.